The number of rotatable bonds is 8. The third-order valence-electron chi connectivity index (χ3n) is 4.31. The van der Waals surface area contributed by atoms with Crippen LogP contribution in [0.1, 0.15) is 42.4 Å². The molecule has 30 heavy (non-hydrogen) atoms. The van der Waals surface area contributed by atoms with Gasteiger partial charge in [0.05, 0.1) is 30.0 Å². The number of carbonyl (C=O) groups excluding carboxylic acids is 1. The molecule has 0 saturated carbocycles. The largest absolute Gasteiger partial charge is 0.462 e. The van der Waals surface area contributed by atoms with Crippen molar-refractivity contribution in [3.63, 3.8) is 0 Å². The van der Waals surface area contributed by atoms with E-state index in [0.29, 0.717) is 22.3 Å². The molecule has 3 aromatic rings. The highest BCUT2D eigenvalue weighted by atomic mass is 16.9. The highest BCUT2D eigenvalue weighted by molar-refractivity contribution is 5.92. The molecule has 154 valence electrons. The number of nitrogens with zero attached hydrogens (tertiary/aromatic N) is 5. The molecule has 0 amide bonds. The van der Waals surface area contributed by atoms with Crippen molar-refractivity contribution in [2.75, 3.05) is 13.2 Å². The van der Waals surface area contributed by atoms with E-state index in [1.807, 2.05) is 32.0 Å². The Bertz CT molecular complexity index is 1130. The smallest absolute Gasteiger partial charge is 0.338 e. The van der Waals surface area contributed by atoms with Crippen LogP contribution in [0.25, 0.3) is 22.2 Å². The Kier molecular flexibility index (Phi) is 6.22. The molecule has 0 unspecified atom stereocenters. The Balaban J connectivity index is 1.80. The Morgan fingerprint density at radius 3 is 2.80 bits per heavy atom. The van der Waals surface area contributed by atoms with Gasteiger partial charge in [-0.25, -0.2) is 4.79 Å². The summed E-state index contributed by atoms with van der Waals surface area (Å²) in [5, 5.41) is 23.7. The van der Waals surface area contributed by atoms with E-state index in [0.717, 1.165) is 11.1 Å². The summed E-state index contributed by atoms with van der Waals surface area (Å²) in [4.78, 5) is 30.8. The number of fused-ring (bicyclic) bond motifs is 1. The molecule has 0 aliphatic carbocycles. The lowest BCUT2D eigenvalue weighted by Crippen LogP contribution is -2.10. The second kappa shape index (κ2) is 9.00. The number of aromatic nitrogens is 3. The maximum atomic E-state index is 12.2. The third kappa shape index (κ3) is 4.52. The van der Waals surface area contributed by atoms with Crippen molar-refractivity contribution in [2.24, 2.45) is 0 Å². The summed E-state index contributed by atoms with van der Waals surface area (Å²) in [6, 6.07) is 10.9. The van der Waals surface area contributed by atoms with Crippen molar-refractivity contribution >= 4 is 16.9 Å². The zero-order chi connectivity index (χ0) is 21.7. The van der Waals surface area contributed by atoms with Gasteiger partial charge in [0.25, 0.3) is 5.09 Å². The average Bonchev–Trinajstić information content (AvgIpc) is 3.11. The van der Waals surface area contributed by atoms with Crippen LogP contribution in [0.5, 0.6) is 0 Å². The first-order chi connectivity index (χ1) is 14.4. The van der Waals surface area contributed by atoms with E-state index < -0.39 is 11.1 Å². The lowest BCUT2D eigenvalue weighted by atomic mass is 10.1. The zero-order valence-electron chi connectivity index (χ0n) is 16.4. The van der Waals surface area contributed by atoms with Gasteiger partial charge in [0.15, 0.2) is 5.69 Å². The van der Waals surface area contributed by atoms with E-state index in [1.165, 1.54) is 12.3 Å². The molecule has 10 heteroatoms. The second-order valence-corrected chi connectivity index (χ2v) is 6.71. The predicted molar refractivity (Wildman–Crippen MR) is 106 cm³/mol. The van der Waals surface area contributed by atoms with Gasteiger partial charge in [-0.3, -0.25) is 9.67 Å². The predicted octanol–water partition coefficient (Wildman–Crippen LogP) is 3.31. The number of hydrogen-bond acceptors (Lipinski definition) is 8. The average molecular weight is 409 g/mol. The van der Waals surface area contributed by atoms with Gasteiger partial charge >= 0.3 is 5.97 Å². The number of benzene rings is 1. The van der Waals surface area contributed by atoms with Gasteiger partial charge in [-0.15, -0.1) is 10.1 Å². The zero-order valence-corrected chi connectivity index (χ0v) is 16.4. The number of ether oxygens (including phenoxy) is 1. The summed E-state index contributed by atoms with van der Waals surface area (Å²) < 4.78 is 6.90. The Hall–Kier alpha value is -4.00. The third-order valence-corrected chi connectivity index (χ3v) is 4.31. The Labute approximate surface area is 171 Å². The first-order valence-corrected chi connectivity index (χ1v) is 9.24. The normalized spacial score (nSPS) is 10.7. The van der Waals surface area contributed by atoms with Crippen LogP contribution < -0.4 is 0 Å². The number of esters is 1. The highest BCUT2D eigenvalue weighted by Gasteiger charge is 2.15. The molecular weight excluding hydrogens is 390 g/mol. The van der Waals surface area contributed by atoms with E-state index in [4.69, 9.17) is 4.74 Å². The van der Waals surface area contributed by atoms with Crippen molar-refractivity contribution in [3.05, 3.63) is 57.9 Å². The molecule has 0 fully saturated rings. The van der Waals surface area contributed by atoms with Gasteiger partial charge in [-0.05, 0) is 38.1 Å². The summed E-state index contributed by atoms with van der Waals surface area (Å²) in [7, 11) is 0. The molecule has 0 aliphatic heterocycles. The SMILES string of the molecule is CC(C)n1nc(C#N)c2cc(-c3cc(C(=O)OCCCO[N+](=O)[O-])ccn3)ccc21. The fraction of sp³-hybridized carbons (Fsp3) is 0.300. The minimum absolute atomic E-state index is 0.00376. The van der Waals surface area contributed by atoms with E-state index in [1.54, 1.807) is 10.7 Å². The molecule has 3 rings (SSSR count). The molecule has 0 bridgehead atoms. The van der Waals surface area contributed by atoms with Crippen LogP contribution in [0.3, 0.4) is 0 Å². The minimum atomic E-state index is -0.892. The molecule has 10 nitrogen and oxygen atoms in total. The number of hydrogen-bond donors (Lipinski definition) is 0. The molecule has 0 radical (unpaired) electrons. The van der Waals surface area contributed by atoms with Crippen molar-refractivity contribution in [1.29, 1.82) is 5.26 Å². The molecule has 0 N–H and O–H groups in total. The van der Waals surface area contributed by atoms with Gasteiger partial charge in [0, 0.05) is 29.6 Å². The lowest BCUT2D eigenvalue weighted by Gasteiger charge is -2.08. The monoisotopic (exact) mass is 409 g/mol. The standard InChI is InChI=1S/C20H19N5O5/c1-13(2)24-19-5-4-14(10-16(19)18(12-21)23-24)17-11-15(6-7-22-17)20(26)29-8-3-9-30-25(27)28/h4-7,10-11,13H,3,8-9H2,1-2H3. The van der Waals surface area contributed by atoms with Gasteiger partial charge in [-0.2, -0.15) is 10.4 Å². The maximum absolute atomic E-state index is 12.2. The van der Waals surface area contributed by atoms with Crippen LogP contribution in [0.15, 0.2) is 36.5 Å². The minimum Gasteiger partial charge on any atom is -0.462 e. The van der Waals surface area contributed by atoms with Crippen LogP contribution >= 0.6 is 0 Å². The molecule has 0 spiro atoms. The van der Waals surface area contributed by atoms with Crippen LogP contribution in [-0.4, -0.2) is 39.0 Å². The van der Waals surface area contributed by atoms with E-state index in [-0.39, 0.29) is 25.7 Å². The van der Waals surface area contributed by atoms with Gasteiger partial charge in [0.2, 0.25) is 0 Å². The first kappa shape index (κ1) is 20.7. The lowest BCUT2D eigenvalue weighted by molar-refractivity contribution is -0.757. The van der Waals surface area contributed by atoms with E-state index in [2.05, 4.69) is 21.0 Å². The van der Waals surface area contributed by atoms with Crippen LogP contribution in [-0.2, 0) is 9.57 Å². The van der Waals surface area contributed by atoms with Gasteiger partial charge in [-0.1, -0.05) is 6.07 Å². The van der Waals surface area contributed by atoms with Crippen LogP contribution in [0, 0.1) is 21.4 Å². The quantitative estimate of drug-likeness (QED) is 0.239. The number of pyridine rings is 1. The fourth-order valence-corrected chi connectivity index (χ4v) is 2.94. The molecule has 2 heterocycles. The topological polar surface area (TPSA) is 133 Å². The van der Waals surface area contributed by atoms with E-state index >= 15 is 0 Å². The molecular formula is C20H19N5O5. The van der Waals surface area contributed by atoms with Gasteiger partial charge in [0.1, 0.15) is 6.07 Å². The van der Waals surface area contributed by atoms with Crippen LogP contribution in [0.4, 0.5) is 0 Å². The van der Waals surface area contributed by atoms with Crippen molar-refractivity contribution in [2.45, 2.75) is 26.3 Å². The first-order valence-electron chi connectivity index (χ1n) is 9.24. The van der Waals surface area contributed by atoms with Crippen LogP contribution in [0.2, 0.25) is 0 Å². The van der Waals surface area contributed by atoms with E-state index in [9.17, 15) is 20.2 Å². The summed E-state index contributed by atoms with van der Waals surface area (Å²) in [6.45, 7) is 3.83. The molecule has 0 saturated heterocycles. The Morgan fingerprint density at radius 2 is 2.10 bits per heavy atom. The molecule has 0 atom stereocenters. The van der Waals surface area contributed by atoms with Crippen molar-refractivity contribution in [3.8, 4) is 17.3 Å². The fourth-order valence-electron chi connectivity index (χ4n) is 2.94. The Morgan fingerprint density at radius 1 is 1.30 bits per heavy atom. The van der Waals surface area contributed by atoms with Crippen molar-refractivity contribution in [1.82, 2.24) is 14.8 Å². The van der Waals surface area contributed by atoms with Gasteiger partial charge < -0.3 is 9.57 Å². The second-order valence-electron chi connectivity index (χ2n) is 6.71. The summed E-state index contributed by atoms with van der Waals surface area (Å²) in [6.07, 6.45) is 1.70. The summed E-state index contributed by atoms with van der Waals surface area (Å²) in [5.74, 6) is -0.564. The number of nitriles is 1. The summed E-state index contributed by atoms with van der Waals surface area (Å²) >= 11 is 0. The highest BCUT2D eigenvalue weighted by Crippen LogP contribution is 2.27. The molecule has 1 aromatic carbocycles. The molecule has 2 aromatic heterocycles. The van der Waals surface area contributed by atoms with Crippen molar-refractivity contribution < 1.29 is 19.5 Å². The maximum Gasteiger partial charge on any atom is 0.338 e. The summed E-state index contributed by atoms with van der Waals surface area (Å²) in [5.41, 5.74) is 2.75. The molecule has 0 aliphatic rings. The number of carbonyl (C=O) groups is 1.